The monoisotopic (exact) mass is 394 g/mol. The van der Waals surface area contributed by atoms with Gasteiger partial charge in [-0.15, -0.1) is 0 Å². The highest BCUT2D eigenvalue weighted by Gasteiger charge is 2.24. The number of esters is 1. The number of hydrogen-bond donors (Lipinski definition) is 0. The quantitative estimate of drug-likeness (QED) is 0.730. The van der Waals surface area contributed by atoms with E-state index in [1.54, 1.807) is 30.0 Å². The molecule has 2 heterocycles. The lowest BCUT2D eigenvalue weighted by Gasteiger charge is -2.34. The van der Waals surface area contributed by atoms with E-state index in [0.717, 1.165) is 0 Å². The molecule has 0 atom stereocenters. The molecule has 0 bridgehead atoms. The minimum absolute atomic E-state index is 0.0758. The van der Waals surface area contributed by atoms with Gasteiger partial charge in [-0.3, -0.25) is 9.69 Å². The van der Waals surface area contributed by atoms with Crippen molar-refractivity contribution in [1.29, 1.82) is 0 Å². The average molecular weight is 395 g/mol. The maximum atomic E-state index is 13.9. The molecule has 2 aromatic rings. The summed E-state index contributed by atoms with van der Waals surface area (Å²) in [6.07, 6.45) is 0. The fourth-order valence-electron chi connectivity index (χ4n) is 2.90. The Morgan fingerprint density at radius 1 is 1.19 bits per heavy atom. The van der Waals surface area contributed by atoms with Gasteiger partial charge in [-0.2, -0.15) is 0 Å². The highest BCUT2D eigenvalue weighted by molar-refractivity contribution is 6.31. The van der Waals surface area contributed by atoms with Gasteiger partial charge in [0.2, 0.25) is 5.76 Å². The maximum Gasteiger partial charge on any atom is 0.374 e. The third-order valence-corrected chi connectivity index (χ3v) is 4.79. The van der Waals surface area contributed by atoms with E-state index in [4.69, 9.17) is 20.8 Å². The van der Waals surface area contributed by atoms with Crippen LogP contribution < -0.4 is 0 Å². The summed E-state index contributed by atoms with van der Waals surface area (Å²) in [6.45, 7) is 3.89. The number of benzene rings is 1. The lowest BCUT2D eigenvalue weighted by molar-refractivity contribution is -0.136. The molecule has 1 aliphatic rings. The van der Waals surface area contributed by atoms with E-state index in [2.05, 4.69) is 0 Å². The summed E-state index contributed by atoms with van der Waals surface area (Å²) < 4.78 is 24.1. The van der Waals surface area contributed by atoms with E-state index in [1.807, 2.05) is 4.90 Å². The molecule has 8 heteroatoms. The molecule has 3 rings (SSSR count). The Bertz CT molecular complexity index is 811. The first kappa shape index (κ1) is 19.4. The fourth-order valence-corrected chi connectivity index (χ4v) is 3.12. The van der Waals surface area contributed by atoms with Crippen LogP contribution >= 0.6 is 11.6 Å². The molecule has 1 fully saturated rings. The first-order valence-corrected chi connectivity index (χ1v) is 8.98. The molecule has 6 nitrogen and oxygen atoms in total. The third-order valence-electron chi connectivity index (χ3n) is 4.44. The standard InChI is InChI=1S/C19H20ClFN2O4/c1-13-5-6-17(27-13)19(25)26-12-18(24)23-9-7-22(8-10-23)11-14-15(20)3-2-4-16(14)21/h2-6H,7-12H2,1H3. The minimum atomic E-state index is -0.663. The van der Waals surface area contributed by atoms with E-state index in [9.17, 15) is 14.0 Å². The summed E-state index contributed by atoms with van der Waals surface area (Å²) in [5, 5.41) is 0.397. The van der Waals surface area contributed by atoms with E-state index in [1.165, 1.54) is 12.1 Å². The van der Waals surface area contributed by atoms with Crippen molar-refractivity contribution in [2.75, 3.05) is 32.8 Å². The molecule has 0 radical (unpaired) electrons. The smallest absolute Gasteiger partial charge is 0.374 e. The molecule has 1 aromatic heterocycles. The average Bonchev–Trinajstić information content (AvgIpc) is 3.09. The Morgan fingerprint density at radius 3 is 2.56 bits per heavy atom. The summed E-state index contributed by atoms with van der Waals surface area (Å²) in [7, 11) is 0. The zero-order valence-corrected chi connectivity index (χ0v) is 15.7. The van der Waals surface area contributed by atoms with Gasteiger partial charge >= 0.3 is 5.97 Å². The molecule has 1 saturated heterocycles. The summed E-state index contributed by atoms with van der Waals surface area (Å²) in [6, 6.07) is 7.78. The van der Waals surface area contributed by atoms with Crippen LogP contribution in [0, 0.1) is 12.7 Å². The summed E-state index contributed by atoms with van der Waals surface area (Å²) in [5.41, 5.74) is 0.460. The van der Waals surface area contributed by atoms with Gasteiger partial charge in [0.25, 0.3) is 5.91 Å². The summed E-state index contributed by atoms with van der Waals surface area (Å²) in [4.78, 5) is 27.7. The van der Waals surface area contributed by atoms with Gasteiger partial charge in [0.15, 0.2) is 6.61 Å². The molecule has 144 valence electrons. The van der Waals surface area contributed by atoms with Crippen LogP contribution in [0.1, 0.15) is 21.9 Å². The molecule has 0 N–H and O–H groups in total. The molecule has 0 saturated carbocycles. The van der Waals surface area contributed by atoms with Gasteiger partial charge in [0, 0.05) is 43.3 Å². The van der Waals surface area contributed by atoms with Gasteiger partial charge in [-0.05, 0) is 31.2 Å². The molecular formula is C19H20ClFN2O4. The van der Waals surface area contributed by atoms with E-state index in [0.29, 0.717) is 49.1 Å². The second kappa shape index (κ2) is 8.54. The van der Waals surface area contributed by atoms with E-state index >= 15 is 0 Å². The first-order chi connectivity index (χ1) is 12.9. The Labute approximate surface area is 161 Å². The van der Waals surface area contributed by atoms with Crippen molar-refractivity contribution in [2.45, 2.75) is 13.5 Å². The van der Waals surface area contributed by atoms with Crippen molar-refractivity contribution in [3.8, 4) is 0 Å². The third kappa shape index (κ3) is 4.87. The van der Waals surface area contributed by atoms with Crippen molar-refractivity contribution < 1.29 is 23.1 Å². The molecule has 1 amide bonds. The highest BCUT2D eigenvalue weighted by Crippen LogP contribution is 2.21. The highest BCUT2D eigenvalue weighted by atomic mass is 35.5. The number of ether oxygens (including phenoxy) is 1. The second-order valence-corrected chi connectivity index (χ2v) is 6.75. The molecule has 0 aliphatic carbocycles. The number of carbonyl (C=O) groups excluding carboxylic acids is 2. The predicted octanol–water partition coefficient (Wildman–Crippen LogP) is 2.88. The molecule has 1 aromatic carbocycles. The topological polar surface area (TPSA) is 63.0 Å². The normalized spacial score (nSPS) is 15.0. The minimum Gasteiger partial charge on any atom is -0.454 e. The van der Waals surface area contributed by atoms with Crippen LogP contribution in [0.2, 0.25) is 5.02 Å². The van der Waals surface area contributed by atoms with Crippen LogP contribution in [0.5, 0.6) is 0 Å². The Balaban J connectivity index is 1.46. The van der Waals surface area contributed by atoms with E-state index in [-0.39, 0.29) is 24.1 Å². The van der Waals surface area contributed by atoms with E-state index < -0.39 is 5.97 Å². The Kier molecular flexibility index (Phi) is 6.13. The Morgan fingerprint density at radius 2 is 1.93 bits per heavy atom. The van der Waals surface area contributed by atoms with Crippen molar-refractivity contribution >= 4 is 23.5 Å². The van der Waals surface area contributed by atoms with Crippen LogP contribution in [0.25, 0.3) is 0 Å². The predicted molar refractivity (Wildman–Crippen MR) is 97.0 cm³/mol. The second-order valence-electron chi connectivity index (χ2n) is 6.34. The number of rotatable bonds is 5. The van der Waals surface area contributed by atoms with Gasteiger partial charge < -0.3 is 14.1 Å². The number of furan rings is 1. The summed E-state index contributed by atoms with van der Waals surface area (Å²) in [5.74, 6) is -0.591. The van der Waals surface area contributed by atoms with Crippen molar-refractivity contribution in [1.82, 2.24) is 9.80 Å². The number of piperazine rings is 1. The molecule has 0 spiro atoms. The SMILES string of the molecule is Cc1ccc(C(=O)OCC(=O)N2CCN(Cc3c(F)cccc3Cl)CC2)o1. The van der Waals surface area contributed by atoms with Gasteiger partial charge in [0.05, 0.1) is 0 Å². The zero-order valence-electron chi connectivity index (χ0n) is 14.9. The largest absolute Gasteiger partial charge is 0.454 e. The lowest BCUT2D eigenvalue weighted by atomic mass is 10.2. The number of aryl methyl sites for hydroxylation is 1. The fraction of sp³-hybridized carbons (Fsp3) is 0.368. The van der Waals surface area contributed by atoms with Gasteiger partial charge in [-0.25, -0.2) is 9.18 Å². The first-order valence-electron chi connectivity index (χ1n) is 8.60. The molecular weight excluding hydrogens is 375 g/mol. The molecule has 27 heavy (non-hydrogen) atoms. The van der Waals surface area contributed by atoms with Crippen molar-refractivity contribution in [3.05, 3.63) is 58.3 Å². The number of carbonyl (C=O) groups is 2. The number of hydrogen-bond acceptors (Lipinski definition) is 5. The number of amides is 1. The Hall–Kier alpha value is -2.38. The summed E-state index contributed by atoms with van der Waals surface area (Å²) >= 11 is 6.06. The van der Waals surface area contributed by atoms with Crippen LogP contribution in [0.3, 0.4) is 0 Å². The zero-order chi connectivity index (χ0) is 19.4. The lowest BCUT2D eigenvalue weighted by Crippen LogP contribution is -2.49. The van der Waals surface area contributed by atoms with Gasteiger partial charge in [-0.1, -0.05) is 17.7 Å². The molecule has 1 aliphatic heterocycles. The number of halogens is 2. The number of nitrogens with zero attached hydrogens (tertiary/aromatic N) is 2. The van der Waals surface area contributed by atoms with Crippen molar-refractivity contribution in [3.63, 3.8) is 0 Å². The van der Waals surface area contributed by atoms with Crippen LogP contribution in [0.15, 0.2) is 34.7 Å². The maximum absolute atomic E-state index is 13.9. The van der Waals surface area contributed by atoms with Crippen LogP contribution in [-0.2, 0) is 16.1 Å². The van der Waals surface area contributed by atoms with Gasteiger partial charge in [0.1, 0.15) is 11.6 Å². The molecule has 0 unspecified atom stereocenters. The van der Waals surface area contributed by atoms with Crippen LogP contribution in [0.4, 0.5) is 4.39 Å². The van der Waals surface area contributed by atoms with Crippen LogP contribution in [-0.4, -0.2) is 54.5 Å². The van der Waals surface area contributed by atoms with Crippen molar-refractivity contribution in [2.24, 2.45) is 0 Å².